The predicted octanol–water partition coefficient (Wildman–Crippen LogP) is 4.06. The summed E-state index contributed by atoms with van der Waals surface area (Å²) in [6, 6.07) is 12.8. The van der Waals surface area contributed by atoms with E-state index in [1.165, 1.54) is 11.1 Å². The first kappa shape index (κ1) is 16.0. The highest BCUT2D eigenvalue weighted by Gasteiger charge is 2.10. The van der Waals surface area contributed by atoms with Crippen molar-refractivity contribution in [3.05, 3.63) is 64.4 Å². The molecule has 0 saturated carbocycles. The molecular weight excluding hydrogens is 280 g/mol. The van der Waals surface area contributed by atoms with Crippen molar-refractivity contribution in [1.29, 1.82) is 0 Å². The molecule has 21 heavy (non-hydrogen) atoms. The van der Waals surface area contributed by atoms with Gasteiger partial charge in [0.25, 0.3) is 0 Å². The summed E-state index contributed by atoms with van der Waals surface area (Å²) in [6.07, 6.45) is 4.92. The van der Waals surface area contributed by atoms with E-state index in [4.69, 9.17) is 11.6 Å². The maximum absolute atomic E-state index is 6.07. The van der Waals surface area contributed by atoms with E-state index in [0.29, 0.717) is 6.04 Å². The van der Waals surface area contributed by atoms with E-state index >= 15 is 0 Å². The van der Waals surface area contributed by atoms with Gasteiger partial charge in [-0.15, -0.1) is 0 Å². The molecule has 0 fully saturated rings. The molecule has 0 radical (unpaired) electrons. The first-order chi connectivity index (χ1) is 10.2. The standard InChI is InChI=1S/C18H23ClN2/c1-3-14-8-9-17(21-13-14)12-18(20-4-2)11-15-6-5-7-16(19)10-15/h5-10,13,18,20H,3-4,11-12H2,1-2H3. The third kappa shape index (κ3) is 5.14. The predicted molar refractivity (Wildman–Crippen MR) is 89.9 cm³/mol. The molecule has 1 N–H and O–H groups in total. The molecule has 0 aliphatic rings. The number of halogens is 1. The van der Waals surface area contributed by atoms with Crippen LogP contribution in [0.25, 0.3) is 0 Å². The van der Waals surface area contributed by atoms with Crippen LogP contribution in [0.4, 0.5) is 0 Å². The Morgan fingerprint density at radius 2 is 1.95 bits per heavy atom. The molecule has 0 spiro atoms. The van der Waals surface area contributed by atoms with Crippen molar-refractivity contribution in [3.63, 3.8) is 0 Å². The van der Waals surface area contributed by atoms with E-state index in [1.807, 2.05) is 24.4 Å². The molecule has 0 saturated heterocycles. The number of nitrogens with one attached hydrogen (secondary N) is 1. The normalized spacial score (nSPS) is 12.3. The molecule has 1 aromatic carbocycles. The molecule has 112 valence electrons. The van der Waals surface area contributed by atoms with E-state index in [1.54, 1.807) is 0 Å². The molecule has 0 aliphatic carbocycles. The Morgan fingerprint density at radius 1 is 1.10 bits per heavy atom. The third-order valence-electron chi connectivity index (χ3n) is 3.61. The molecule has 1 atom stereocenters. The van der Waals surface area contributed by atoms with Crippen LogP contribution in [-0.2, 0) is 19.3 Å². The summed E-state index contributed by atoms with van der Waals surface area (Å²) in [5.41, 5.74) is 3.69. The van der Waals surface area contributed by atoms with E-state index in [9.17, 15) is 0 Å². The largest absolute Gasteiger partial charge is 0.314 e. The summed E-state index contributed by atoms with van der Waals surface area (Å²) in [6.45, 7) is 5.24. The molecule has 2 rings (SSSR count). The van der Waals surface area contributed by atoms with Crippen molar-refractivity contribution in [2.24, 2.45) is 0 Å². The number of hydrogen-bond acceptors (Lipinski definition) is 2. The molecule has 3 heteroatoms. The van der Waals surface area contributed by atoms with E-state index in [0.717, 1.165) is 36.5 Å². The lowest BCUT2D eigenvalue weighted by Gasteiger charge is -2.18. The van der Waals surface area contributed by atoms with Crippen LogP contribution in [0.3, 0.4) is 0 Å². The van der Waals surface area contributed by atoms with E-state index < -0.39 is 0 Å². The lowest BCUT2D eigenvalue weighted by atomic mass is 10.0. The smallest absolute Gasteiger partial charge is 0.0419 e. The number of benzene rings is 1. The van der Waals surface area contributed by atoms with Crippen molar-refractivity contribution in [2.75, 3.05) is 6.54 Å². The van der Waals surface area contributed by atoms with Gasteiger partial charge in [0.2, 0.25) is 0 Å². The topological polar surface area (TPSA) is 24.9 Å². The number of pyridine rings is 1. The van der Waals surface area contributed by atoms with E-state index in [2.05, 4.69) is 42.3 Å². The number of hydrogen-bond donors (Lipinski definition) is 1. The van der Waals surface area contributed by atoms with Gasteiger partial charge in [-0.3, -0.25) is 4.98 Å². The van der Waals surface area contributed by atoms with Crippen LogP contribution in [0.2, 0.25) is 5.02 Å². The van der Waals surface area contributed by atoms with Gasteiger partial charge in [-0.05, 0) is 48.7 Å². The number of aryl methyl sites for hydroxylation is 1. The van der Waals surface area contributed by atoms with Gasteiger partial charge >= 0.3 is 0 Å². The average Bonchev–Trinajstić information content (AvgIpc) is 2.48. The van der Waals surface area contributed by atoms with Crippen LogP contribution in [0, 0.1) is 0 Å². The van der Waals surface area contributed by atoms with Gasteiger partial charge in [0.15, 0.2) is 0 Å². The molecule has 2 aromatic rings. The SMILES string of the molecule is CCNC(Cc1cccc(Cl)c1)Cc1ccc(CC)cn1. The molecule has 1 heterocycles. The van der Waals surface area contributed by atoms with Crippen molar-refractivity contribution in [3.8, 4) is 0 Å². The van der Waals surface area contributed by atoms with Crippen molar-refractivity contribution >= 4 is 11.6 Å². The van der Waals surface area contributed by atoms with Crippen molar-refractivity contribution in [2.45, 2.75) is 39.2 Å². The number of rotatable bonds is 7. The van der Waals surface area contributed by atoms with Gasteiger partial charge in [0.05, 0.1) is 0 Å². The number of aromatic nitrogens is 1. The Hall–Kier alpha value is -1.38. The second kappa shape index (κ2) is 8.16. The van der Waals surface area contributed by atoms with Crippen LogP contribution >= 0.6 is 11.6 Å². The van der Waals surface area contributed by atoms with Gasteiger partial charge < -0.3 is 5.32 Å². The van der Waals surface area contributed by atoms with Crippen LogP contribution in [0.15, 0.2) is 42.6 Å². The summed E-state index contributed by atoms with van der Waals surface area (Å²) in [5.74, 6) is 0. The second-order valence-electron chi connectivity index (χ2n) is 5.30. The summed E-state index contributed by atoms with van der Waals surface area (Å²) < 4.78 is 0. The summed E-state index contributed by atoms with van der Waals surface area (Å²) in [5, 5.41) is 4.34. The molecule has 0 aliphatic heterocycles. The minimum absolute atomic E-state index is 0.383. The summed E-state index contributed by atoms with van der Waals surface area (Å²) in [7, 11) is 0. The molecule has 1 unspecified atom stereocenters. The van der Waals surface area contributed by atoms with Crippen molar-refractivity contribution < 1.29 is 0 Å². The van der Waals surface area contributed by atoms with Gasteiger partial charge in [0.1, 0.15) is 0 Å². The third-order valence-corrected chi connectivity index (χ3v) is 3.85. The minimum atomic E-state index is 0.383. The first-order valence-corrected chi connectivity index (χ1v) is 8.00. The van der Waals surface area contributed by atoms with Crippen molar-refractivity contribution in [1.82, 2.24) is 10.3 Å². The zero-order valence-electron chi connectivity index (χ0n) is 12.8. The van der Waals surface area contributed by atoms with Gasteiger partial charge in [-0.25, -0.2) is 0 Å². The highest BCUT2D eigenvalue weighted by molar-refractivity contribution is 6.30. The Kier molecular flexibility index (Phi) is 6.21. The zero-order valence-corrected chi connectivity index (χ0v) is 13.5. The van der Waals surface area contributed by atoms with E-state index in [-0.39, 0.29) is 0 Å². The monoisotopic (exact) mass is 302 g/mol. The molecule has 2 nitrogen and oxygen atoms in total. The summed E-state index contributed by atoms with van der Waals surface area (Å²) >= 11 is 6.07. The Balaban J connectivity index is 2.04. The number of nitrogens with zero attached hydrogens (tertiary/aromatic N) is 1. The fourth-order valence-electron chi connectivity index (χ4n) is 2.49. The molecule has 0 bridgehead atoms. The highest BCUT2D eigenvalue weighted by Crippen LogP contribution is 2.14. The Labute approximate surface area is 132 Å². The first-order valence-electron chi connectivity index (χ1n) is 7.63. The van der Waals surface area contributed by atoms with Crippen LogP contribution in [0.1, 0.15) is 30.7 Å². The van der Waals surface area contributed by atoms with Crippen LogP contribution in [0.5, 0.6) is 0 Å². The van der Waals surface area contributed by atoms with Gasteiger partial charge in [-0.1, -0.05) is 43.6 Å². The van der Waals surface area contributed by atoms with Gasteiger partial charge in [-0.2, -0.15) is 0 Å². The quantitative estimate of drug-likeness (QED) is 0.834. The Morgan fingerprint density at radius 3 is 2.57 bits per heavy atom. The van der Waals surface area contributed by atoms with Gasteiger partial charge in [0, 0.05) is 29.4 Å². The fourth-order valence-corrected chi connectivity index (χ4v) is 2.70. The van der Waals surface area contributed by atoms with Crippen LogP contribution in [-0.4, -0.2) is 17.6 Å². The lowest BCUT2D eigenvalue weighted by molar-refractivity contribution is 0.516. The fraction of sp³-hybridized carbons (Fsp3) is 0.389. The lowest BCUT2D eigenvalue weighted by Crippen LogP contribution is -2.33. The second-order valence-corrected chi connectivity index (χ2v) is 5.74. The maximum Gasteiger partial charge on any atom is 0.0419 e. The molecule has 0 amide bonds. The average molecular weight is 303 g/mol. The molecular formula is C18H23ClN2. The minimum Gasteiger partial charge on any atom is -0.314 e. The Bertz CT molecular complexity index is 551. The molecule has 1 aromatic heterocycles. The maximum atomic E-state index is 6.07. The van der Waals surface area contributed by atoms with Crippen LogP contribution < -0.4 is 5.32 Å². The number of likely N-dealkylation sites (N-methyl/N-ethyl adjacent to an activating group) is 1. The summed E-state index contributed by atoms with van der Waals surface area (Å²) in [4.78, 5) is 4.56. The zero-order chi connectivity index (χ0) is 15.1. The highest BCUT2D eigenvalue weighted by atomic mass is 35.5.